The summed E-state index contributed by atoms with van der Waals surface area (Å²) in [5.74, 6) is 0.382. The van der Waals surface area contributed by atoms with Crippen LogP contribution in [0.1, 0.15) is 13.3 Å². The fourth-order valence-corrected chi connectivity index (χ4v) is 2.73. The lowest BCUT2D eigenvalue weighted by atomic mass is 10.1. The van der Waals surface area contributed by atoms with Gasteiger partial charge in [-0.25, -0.2) is 0 Å². The van der Waals surface area contributed by atoms with E-state index in [1.54, 1.807) is 18.3 Å². The van der Waals surface area contributed by atoms with Crippen molar-refractivity contribution in [3.63, 3.8) is 0 Å². The first kappa shape index (κ1) is 17.8. The zero-order chi connectivity index (χ0) is 18.4. The molecule has 0 spiro atoms. The van der Waals surface area contributed by atoms with Gasteiger partial charge in [0.2, 0.25) is 5.91 Å². The number of benzene rings is 1. The van der Waals surface area contributed by atoms with Gasteiger partial charge in [-0.3, -0.25) is 14.8 Å². The molecule has 0 bridgehead atoms. The van der Waals surface area contributed by atoms with E-state index in [0.717, 1.165) is 17.7 Å². The third kappa shape index (κ3) is 3.95. The Kier molecular flexibility index (Phi) is 5.71. The molecule has 26 heavy (non-hydrogen) atoms. The van der Waals surface area contributed by atoms with Crippen LogP contribution in [0.3, 0.4) is 0 Å². The van der Waals surface area contributed by atoms with E-state index in [-0.39, 0.29) is 12.5 Å². The summed E-state index contributed by atoms with van der Waals surface area (Å²) in [6.07, 6.45) is 4.59. The van der Waals surface area contributed by atoms with Crippen LogP contribution in [-0.2, 0) is 9.53 Å². The van der Waals surface area contributed by atoms with Crippen LogP contribution < -0.4 is 10.1 Å². The molecule has 2 heterocycles. The van der Waals surface area contributed by atoms with Gasteiger partial charge in [0.05, 0.1) is 32.1 Å². The molecule has 8 nitrogen and oxygen atoms in total. The number of rotatable bonds is 6. The van der Waals surface area contributed by atoms with Crippen molar-refractivity contribution in [1.29, 1.82) is 5.26 Å². The maximum atomic E-state index is 12.5. The summed E-state index contributed by atoms with van der Waals surface area (Å²) in [6.45, 7) is 3.66. The minimum atomic E-state index is -0.624. The Labute approximate surface area is 151 Å². The number of amides is 1. The Morgan fingerprint density at radius 1 is 1.54 bits per heavy atom. The first-order chi connectivity index (χ1) is 12.7. The molecule has 0 radical (unpaired) electrons. The van der Waals surface area contributed by atoms with Gasteiger partial charge in [0.15, 0.2) is 6.19 Å². The molecule has 1 aromatic carbocycles. The predicted octanol–water partition coefficient (Wildman–Crippen LogP) is 1.99. The van der Waals surface area contributed by atoms with Gasteiger partial charge in [-0.15, -0.1) is 0 Å². The topological polar surface area (TPSA) is 103 Å². The molecule has 1 fully saturated rings. The number of carbonyl (C=O) groups is 1. The van der Waals surface area contributed by atoms with Crippen molar-refractivity contribution in [2.45, 2.75) is 19.4 Å². The average Bonchev–Trinajstić information content (AvgIpc) is 3.21. The quantitative estimate of drug-likeness (QED) is 0.768. The molecular formula is C18H21N5O3. The van der Waals surface area contributed by atoms with Crippen molar-refractivity contribution >= 4 is 11.6 Å². The molecule has 0 aliphatic carbocycles. The summed E-state index contributed by atoms with van der Waals surface area (Å²) in [5, 5.41) is 18.9. The molecular weight excluding hydrogens is 334 g/mol. The van der Waals surface area contributed by atoms with Crippen LogP contribution in [0.5, 0.6) is 5.75 Å². The number of H-pyrrole nitrogens is 1. The maximum Gasteiger partial charge on any atom is 0.250 e. The maximum absolute atomic E-state index is 12.5. The minimum absolute atomic E-state index is 0.199. The first-order valence-corrected chi connectivity index (χ1v) is 8.54. The molecule has 8 heteroatoms. The second-order valence-corrected chi connectivity index (χ2v) is 5.90. The van der Waals surface area contributed by atoms with Gasteiger partial charge in [0.25, 0.3) is 0 Å². The van der Waals surface area contributed by atoms with Crippen molar-refractivity contribution < 1.29 is 14.3 Å². The minimum Gasteiger partial charge on any atom is -0.493 e. The molecule has 1 aliphatic heterocycles. The third-order valence-electron chi connectivity index (χ3n) is 4.06. The van der Waals surface area contributed by atoms with E-state index in [0.29, 0.717) is 31.2 Å². The van der Waals surface area contributed by atoms with Crippen LogP contribution in [0, 0.1) is 11.5 Å². The van der Waals surface area contributed by atoms with Gasteiger partial charge in [-0.1, -0.05) is 6.92 Å². The molecule has 1 atom stereocenters. The van der Waals surface area contributed by atoms with Gasteiger partial charge >= 0.3 is 0 Å². The second kappa shape index (κ2) is 8.36. The van der Waals surface area contributed by atoms with Gasteiger partial charge in [-0.05, 0) is 24.6 Å². The lowest BCUT2D eigenvalue weighted by Crippen LogP contribution is -2.49. The van der Waals surface area contributed by atoms with Gasteiger partial charge in [0.1, 0.15) is 11.8 Å². The summed E-state index contributed by atoms with van der Waals surface area (Å²) in [7, 11) is 0. The fraction of sp³-hybridized carbons (Fsp3) is 0.389. The number of aromatic amines is 1. The van der Waals surface area contributed by atoms with E-state index in [9.17, 15) is 10.1 Å². The van der Waals surface area contributed by atoms with Gasteiger partial charge < -0.3 is 14.8 Å². The number of morpholine rings is 1. The molecule has 3 rings (SSSR count). The molecule has 1 aromatic heterocycles. The number of nitriles is 1. The van der Waals surface area contributed by atoms with Crippen LogP contribution in [0.15, 0.2) is 30.5 Å². The Hall–Kier alpha value is -3.05. The second-order valence-electron chi connectivity index (χ2n) is 5.90. The lowest BCUT2D eigenvalue weighted by molar-refractivity contribution is -0.124. The van der Waals surface area contributed by atoms with Crippen LogP contribution in [0.2, 0.25) is 0 Å². The fourth-order valence-electron chi connectivity index (χ4n) is 2.73. The van der Waals surface area contributed by atoms with E-state index in [1.807, 2.05) is 25.2 Å². The molecule has 1 aliphatic rings. The molecule has 2 aromatic rings. The monoisotopic (exact) mass is 355 g/mol. The Morgan fingerprint density at radius 3 is 3.15 bits per heavy atom. The normalized spacial score (nSPS) is 16.8. The Balaban J connectivity index is 1.79. The van der Waals surface area contributed by atoms with Gasteiger partial charge in [-0.2, -0.15) is 10.4 Å². The van der Waals surface area contributed by atoms with Crippen LogP contribution in [0.4, 0.5) is 5.69 Å². The number of hydrogen-bond acceptors (Lipinski definition) is 6. The lowest BCUT2D eigenvalue weighted by Gasteiger charge is -2.30. The van der Waals surface area contributed by atoms with E-state index in [1.165, 1.54) is 4.90 Å². The highest BCUT2D eigenvalue weighted by atomic mass is 16.5. The van der Waals surface area contributed by atoms with E-state index in [2.05, 4.69) is 15.5 Å². The standard InChI is InChI=1S/C18H21N5O3/c1-2-8-26-17-10-13(3-4-14(17)15-5-6-20-22-15)21-18(24)16-11-25-9-7-23(16)12-19/h3-6,10,16H,2,7-9,11H2,1H3,(H,20,22)(H,21,24). The van der Waals surface area contributed by atoms with Crippen LogP contribution >= 0.6 is 0 Å². The SMILES string of the molecule is CCCOc1cc(NC(=O)C2COCCN2C#N)ccc1-c1ccn[nH]1. The summed E-state index contributed by atoms with van der Waals surface area (Å²) < 4.78 is 11.2. The molecule has 136 valence electrons. The number of hydrogen-bond donors (Lipinski definition) is 2. The number of carbonyl (C=O) groups excluding carboxylic acids is 1. The number of nitrogens with one attached hydrogen (secondary N) is 2. The molecule has 0 saturated carbocycles. The summed E-state index contributed by atoms with van der Waals surface area (Å²) in [6, 6.07) is 6.68. The van der Waals surface area contributed by atoms with Crippen LogP contribution in [-0.4, -0.2) is 53.4 Å². The smallest absolute Gasteiger partial charge is 0.250 e. The zero-order valence-electron chi connectivity index (χ0n) is 14.6. The Morgan fingerprint density at radius 2 is 2.42 bits per heavy atom. The van der Waals surface area contributed by atoms with Crippen molar-refractivity contribution in [2.75, 3.05) is 31.7 Å². The number of aromatic nitrogens is 2. The molecule has 1 amide bonds. The van der Waals surface area contributed by atoms with E-state index < -0.39 is 6.04 Å². The summed E-state index contributed by atoms with van der Waals surface area (Å²) in [4.78, 5) is 14.0. The predicted molar refractivity (Wildman–Crippen MR) is 95.4 cm³/mol. The van der Waals surface area contributed by atoms with Crippen LogP contribution in [0.25, 0.3) is 11.3 Å². The highest BCUT2D eigenvalue weighted by molar-refractivity contribution is 5.95. The number of anilines is 1. The van der Waals surface area contributed by atoms with Crippen molar-refractivity contribution in [2.24, 2.45) is 0 Å². The van der Waals surface area contributed by atoms with E-state index >= 15 is 0 Å². The molecule has 1 saturated heterocycles. The van der Waals surface area contributed by atoms with Gasteiger partial charge in [0, 0.05) is 23.5 Å². The molecule has 2 N–H and O–H groups in total. The van der Waals surface area contributed by atoms with E-state index in [4.69, 9.17) is 9.47 Å². The third-order valence-corrected chi connectivity index (χ3v) is 4.06. The Bertz CT molecular complexity index is 785. The van der Waals surface area contributed by atoms with Crippen molar-refractivity contribution in [1.82, 2.24) is 15.1 Å². The highest BCUT2D eigenvalue weighted by Crippen LogP contribution is 2.31. The average molecular weight is 355 g/mol. The molecule has 1 unspecified atom stereocenters. The largest absolute Gasteiger partial charge is 0.493 e. The zero-order valence-corrected chi connectivity index (χ0v) is 14.6. The first-order valence-electron chi connectivity index (χ1n) is 8.54. The van der Waals surface area contributed by atoms with Crippen molar-refractivity contribution in [3.8, 4) is 23.2 Å². The summed E-state index contributed by atoms with van der Waals surface area (Å²) >= 11 is 0. The van der Waals surface area contributed by atoms with Crippen molar-refractivity contribution in [3.05, 3.63) is 30.5 Å². The number of ether oxygens (including phenoxy) is 2. The highest BCUT2D eigenvalue weighted by Gasteiger charge is 2.29. The number of nitrogens with zero attached hydrogens (tertiary/aromatic N) is 3. The summed E-state index contributed by atoms with van der Waals surface area (Å²) in [5.41, 5.74) is 2.31.